The third-order valence-corrected chi connectivity index (χ3v) is 3.22. The standard InChI is InChI=1S/C9H15N3OS/c1-5-8(14-4-11-5)6(2)12-7(3)9(10)13/h4,6-7,12H,1-3H3,(H2,10,13). The van der Waals surface area contributed by atoms with Crippen molar-refractivity contribution in [3.05, 3.63) is 16.1 Å². The zero-order chi connectivity index (χ0) is 10.7. The van der Waals surface area contributed by atoms with Crippen LogP contribution in [0.1, 0.15) is 30.5 Å². The molecule has 0 aliphatic rings. The first kappa shape index (κ1) is 11.1. The van der Waals surface area contributed by atoms with E-state index in [1.165, 1.54) is 0 Å². The molecule has 3 N–H and O–H groups in total. The van der Waals surface area contributed by atoms with E-state index in [0.717, 1.165) is 10.6 Å². The monoisotopic (exact) mass is 213 g/mol. The third-order valence-electron chi connectivity index (χ3n) is 2.10. The fraction of sp³-hybridized carbons (Fsp3) is 0.556. The number of hydrogen-bond acceptors (Lipinski definition) is 4. The molecule has 1 aromatic heterocycles. The summed E-state index contributed by atoms with van der Waals surface area (Å²) in [6, 6.07) is -0.198. The molecular formula is C9H15N3OS. The number of nitrogens with one attached hydrogen (secondary N) is 1. The zero-order valence-corrected chi connectivity index (χ0v) is 9.39. The van der Waals surface area contributed by atoms with Gasteiger partial charge in [0.25, 0.3) is 0 Å². The van der Waals surface area contributed by atoms with Gasteiger partial charge in [-0.2, -0.15) is 0 Å². The maximum Gasteiger partial charge on any atom is 0.234 e. The van der Waals surface area contributed by atoms with Crippen molar-refractivity contribution in [2.45, 2.75) is 32.9 Å². The topological polar surface area (TPSA) is 68.0 Å². The summed E-state index contributed by atoms with van der Waals surface area (Å²) in [4.78, 5) is 16.1. The van der Waals surface area contributed by atoms with Crippen LogP contribution in [0.5, 0.6) is 0 Å². The SMILES string of the molecule is Cc1ncsc1C(C)NC(C)C(N)=O. The molecule has 1 heterocycles. The highest BCUT2D eigenvalue weighted by atomic mass is 32.1. The molecule has 0 saturated carbocycles. The highest BCUT2D eigenvalue weighted by molar-refractivity contribution is 7.09. The molecule has 0 aliphatic heterocycles. The second kappa shape index (κ2) is 4.52. The molecule has 78 valence electrons. The number of carbonyl (C=O) groups excluding carboxylic acids is 1. The summed E-state index contributed by atoms with van der Waals surface area (Å²) in [6.45, 7) is 5.72. The Balaban J connectivity index is 2.63. The second-order valence-electron chi connectivity index (χ2n) is 3.31. The van der Waals surface area contributed by atoms with E-state index in [9.17, 15) is 4.79 Å². The quantitative estimate of drug-likeness (QED) is 0.783. The fourth-order valence-electron chi connectivity index (χ4n) is 1.26. The number of aromatic nitrogens is 1. The number of carbonyl (C=O) groups is 1. The maximum absolute atomic E-state index is 10.8. The van der Waals surface area contributed by atoms with Gasteiger partial charge in [-0.1, -0.05) is 0 Å². The Kier molecular flexibility index (Phi) is 3.60. The predicted octanol–water partition coefficient (Wildman–Crippen LogP) is 0.976. The minimum atomic E-state index is -0.334. The van der Waals surface area contributed by atoms with Crippen LogP contribution in [-0.2, 0) is 4.79 Å². The Morgan fingerprint density at radius 2 is 2.29 bits per heavy atom. The predicted molar refractivity (Wildman–Crippen MR) is 57.1 cm³/mol. The second-order valence-corrected chi connectivity index (χ2v) is 4.20. The lowest BCUT2D eigenvalue weighted by Gasteiger charge is -2.16. The molecule has 0 bridgehead atoms. The van der Waals surface area contributed by atoms with Gasteiger partial charge in [0.1, 0.15) is 0 Å². The van der Waals surface area contributed by atoms with Gasteiger partial charge in [-0.15, -0.1) is 11.3 Å². The van der Waals surface area contributed by atoms with Crippen LogP contribution in [0.15, 0.2) is 5.51 Å². The first-order chi connectivity index (χ1) is 6.52. The molecule has 4 nitrogen and oxygen atoms in total. The van der Waals surface area contributed by atoms with Crippen LogP contribution < -0.4 is 11.1 Å². The summed E-state index contributed by atoms with van der Waals surface area (Å²) in [7, 11) is 0. The Hall–Kier alpha value is -0.940. The van der Waals surface area contributed by atoms with Crippen LogP contribution in [0.2, 0.25) is 0 Å². The molecule has 0 aromatic carbocycles. The zero-order valence-electron chi connectivity index (χ0n) is 8.57. The largest absolute Gasteiger partial charge is 0.368 e. The molecule has 0 fully saturated rings. The highest BCUT2D eigenvalue weighted by Crippen LogP contribution is 2.21. The van der Waals surface area contributed by atoms with Crippen LogP contribution in [0.25, 0.3) is 0 Å². The molecule has 2 unspecified atom stereocenters. The van der Waals surface area contributed by atoms with Gasteiger partial charge < -0.3 is 5.73 Å². The Labute approximate surface area is 87.5 Å². The lowest BCUT2D eigenvalue weighted by atomic mass is 10.2. The number of thiazole rings is 1. The van der Waals surface area contributed by atoms with E-state index < -0.39 is 0 Å². The Morgan fingerprint density at radius 3 is 2.71 bits per heavy atom. The Morgan fingerprint density at radius 1 is 1.64 bits per heavy atom. The van der Waals surface area contributed by atoms with Gasteiger partial charge in [-0.05, 0) is 20.8 Å². The van der Waals surface area contributed by atoms with Crippen molar-refractivity contribution >= 4 is 17.2 Å². The average molecular weight is 213 g/mol. The van der Waals surface area contributed by atoms with Crippen LogP contribution in [0, 0.1) is 6.92 Å². The Bertz CT molecular complexity index is 324. The smallest absolute Gasteiger partial charge is 0.234 e. The molecule has 1 amide bonds. The van der Waals surface area contributed by atoms with Gasteiger partial charge in [-0.3, -0.25) is 10.1 Å². The van der Waals surface area contributed by atoms with Crippen LogP contribution in [0.3, 0.4) is 0 Å². The summed E-state index contributed by atoms with van der Waals surface area (Å²) in [6.07, 6.45) is 0. The maximum atomic E-state index is 10.8. The lowest BCUT2D eigenvalue weighted by molar-refractivity contribution is -0.119. The van der Waals surface area contributed by atoms with Crippen LogP contribution >= 0.6 is 11.3 Å². The summed E-state index contributed by atoms with van der Waals surface area (Å²) >= 11 is 1.59. The minimum absolute atomic E-state index is 0.116. The van der Waals surface area contributed by atoms with E-state index in [1.54, 1.807) is 23.8 Å². The molecule has 5 heteroatoms. The van der Waals surface area contributed by atoms with Crippen molar-refractivity contribution in [3.63, 3.8) is 0 Å². The van der Waals surface area contributed by atoms with Gasteiger partial charge >= 0.3 is 0 Å². The van der Waals surface area contributed by atoms with Gasteiger partial charge in [0.15, 0.2) is 0 Å². The van der Waals surface area contributed by atoms with Gasteiger partial charge in [-0.25, -0.2) is 4.98 Å². The first-order valence-electron chi connectivity index (χ1n) is 4.47. The number of amides is 1. The molecule has 1 rings (SSSR count). The van der Waals surface area contributed by atoms with E-state index in [4.69, 9.17) is 5.73 Å². The summed E-state index contributed by atoms with van der Waals surface area (Å²) in [5, 5.41) is 3.12. The minimum Gasteiger partial charge on any atom is -0.368 e. The molecular weight excluding hydrogens is 198 g/mol. The molecule has 0 radical (unpaired) electrons. The van der Waals surface area contributed by atoms with Crippen molar-refractivity contribution in [1.29, 1.82) is 0 Å². The van der Waals surface area contributed by atoms with Gasteiger partial charge in [0.05, 0.1) is 17.2 Å². The number of hydrogen-bond donors (Lipinski definition) is 2. The van der Waals surface area contributed by atoms with Crippen molar-refractivity contribution in [2.24, 2.45) is 5.73 Å². The number of aryl methyl sites for hydroxylation is 1. The number of nitrogens with zero attached hydrogens (tertiary/aromatic N) is 1. The van der Waals surface area contributed by atoms with Gasteiger partial charge in [0.2, 0.25) is 5.91 Å². The van der Waals surface area contributed by atoms with Crippen LogP contribution in [0.4, 0.5) is 0 Å². The van der Waals surface area contributed by atoms with Crippen molar-refractivity contribution < 1.29 is 4.79 Å². The fourth-order valence-corrected chi connectivity index (χ4v) is 2.08. The van der Waals surface area contributed by atoms with E-state index in [0.29, 0.717) is 0 Å². The van der Waals surface area contributed by atoms with Crippen molar-refractivity contribution in [1.82, 2.24) is 10.3 Å². The normalized spacial score (nSPS) is 15.1. The lowest BCUT2D eigenvalue weighted by Crippen LogP contribution is -2.39. The van der Waals surface area contributed by atoms with E-state index in [1.807, 2.05) is 13.8 Å². The molecule has 14 heavy (non-hydrogen) atoms. The number of primary amides is 1. The van der Waals surface area contributed by atoms with E-state index >= 15 is 0 Å². The van der Waals surface area contributed by atoms with Crippen molar-refractivity contribution in [2.75, 3.05) is 0 Å². The van der Waals surface area contributed by atoms with Crippen molar-refractivity contribution in [3.8, 4) is 0 Å². The first-order valence-corrected chi connectivity index (χ1v) is 5.35. The molecule has 0 aliphatic carbocycles. The molecule has 2 atom stereocenters. The van der Waals surface area contributed by atoms with E-state index in [-0.39, 0.29) is 18.0 Å². The highest BCUT2D eigenvalue weighted by Gasteiger charge is 2.16. The van der Waals surface area contributed by atoms with E-state index in [2.05, 4.69) is 10.3 Å². The number of rotatable bonds is 4. The summed E-state index contributed by atoms with van der Waals surface area (Å²) < 4.78 is 0. The molecule has 1 aromatic rings. The molecule has 0 saturated heterocycles. The third kappa shape index (κ3) is 2.52. The summed E-state index contributed by atoms with van der Waals surface area (Å²) in [5.74, 6) is -0.334. The van der Waals surface area contributed by atoms with Gasteiger partial charge in [0, 0.05) is 10.9 Å². The summed E-state index contributed by atoms with van der Waals surface area (Å²) in [5.41, 5.74) is 7.97. The van der Waals surface area contributed by atoms with Crippen LogP contribution in [-0.4, -0.2) is 16.9 Å². The number of nitrogens with two attached hydrogens (primary N) is 1. The average Bonchev–Trinajstić information content (AvgIpc) is 2.51. The molecule has 0 spiro atoms.